The Bertz CT molecular complexity index is 345. The quantitative estimate of drug-likeness (QED) is 0.827. The molecule has 2 rings (SSSR count). The molecule has 3 nitrogen and oxygen atoms in total. The van der Waals surface area contributed by atoms with E-state index in [1.807, 2.05) is 0 Å². The highest BCUT2D eigenvalue weighted by Gasteiger charge is 2.30. The number of hydrogen-bond acceptors (Lipinski definition) is 2. The predicted octanol–water partition coefficient (Wildman–Crippen LogP) is 3.88. The summed E-state index contributed by atoms with van der Waals surface area (Å²) in [5, 5.41) is 6.87. The van der Waals surface area contributed by atoms with Crippen molar-refractivity contribution in [2.45, 2.75) is 91.1 Å². The number of nitrogens with one attached hydrogen (secondary N) is 2. The molecule has 0 atom stereocenters. The van der Waals surface area contributed by atoms with Gasteiger partial charge in [0.1, 0.15) is 0 Å². The van der Waals surface area contributed by atoms with E-state index in [0.29, 0.717) is 17.5 Å². The molecule has 0 radical (unpaired) electrons. The zero-order chi connectivity index (χ0) is 16.2. The molecule has 0 spiro atoms. The average Bonchev–Trinajstić information content (AvgIpc) is 2.45. The van der Waals surface area contributed by atoms with Crippen LogP contribution in [0.15, 0.2) is 0 Å². The molecule has 0 heterocycles. The predicted molar refractivity (Wildman–Crippen MR) is 92.8 cm³/mol. The van der Waals surface area contributed by atoms with Crippen LogP contribution in [0.25, 0.3) is 0 Å². The molecular weight excluding hydrogens is 272 g/mol. The van der Waals surface area contributed by atoms with E-state index in [0.717, 1.165) is 24.7 Å². The van der Waals surface area contributed by atoms with Crippen molar-refractivity contribution in [3.63, 3.8) is 0 Å². The zero-order valence-electron chi connectivity index (χ0n) is 15.1. The summed E-state index contributed by atoms with van der Waals surface area (Å²) in [6.07, 6.45) is 10.3. The van der Waals surface area contributed by atoms with Gasteiger partial charge in [-0.25, -0.2) is 0 Å². The van der Waals surface area contributed by atoms with Crippen LogP contribution >= 0.6 is 0 Å². The standard InChI is InChI=1S/C19H36N2O/c1-14(22)21-18-11-9-17(10-12-18)20-13-15-5-7-16(8-6-15)19(2,3)4/h15-18,20H,5-13H2,1-4H3,(H,21,22). The molecule has 0 aromatic rings. The van der Waals surface area contributed by atoms with Crippen LogP contribution in [-0.4, -0.2) is 24.5 Å². The molecule has 22 heavy (non-hydrogen) atoms. The highest BCUT2D eigenvalue weighted by Crippen LogP contribution is 2.39. The number of carbonyl (C=O) groups is 1. The summed E-state index contributed by atoms with van der Waals surface area (Å²) in [5.41, 5.74) is 0.487. The largest absolute Gasteiger partial charge is 0.354 e. The third kappa shape index (κ3) is 5.57. The molecule has 0 aromatic carbocycles. The SMILES string of the molecule is CC(=O)NC1CCC(NCC2CCC(C(C)(C)C)CC2)CC1. The first-order valence-corrected chi connectivity index (χ1v) is 9.35. The van der Waals surface area contributed by atoms with Gasteiger partial charge in [-0.2, -0.15) is 0 Å². The molecular formula is C19H36N2O. The molecule has 2 aliphatic rings. The van der Waals surface area contributed by atoms with Crippen molar-refractivity contribution >= 4 is 5.91 Å². The maximum atomic E-state index is 11.1. The summed E-state index contributed by atoms with van der Waals surface area (Å²) in [6.45, 7) is 10.0. The van der Waals surface area contributed by atoms with Gasteiger partial charge in [0.25, 0.3) is 0 Å². The minimum absolute atomic E-state index is 0.118. The van der Waals surface area contributed by atoms with E-state index in [4.69, 9.17) is 0 Å². The van der Waals surface area contributed by atoms with Gasteiger partial charge in [-0.15, -0.1) is 0 Å². The van der Waals surface area contributed by atoms with Crippen molar-refractivity contribution in [3.05, 3.63) is 0 Å². The Balaban J connectivity index is 1.61. The molecule has 0 aromatic heterocycles. The normalized spacial score (nSPS) is 33.5. The summed E-state index contributed by atoms with van der Waals surface area (Å²) >= 11 is 0. The minimum atomic E-state index is 0.118. The van der Waals surface area contributed by atoms with E-state index in [-0.39, 0.29) is 5.91 Å². The number of carbonyl (C=O) groups excluding carboxylic acids is 1. The average molecular weight is 309 g/mol. The molecule has 0 aliphatic heterocycles. The Morgan fingerprint density at radius 3 is 1.95 bits per heavy atom. The second kappa shape index (κ2) is 7.81. The third-order valence-electron chi connectivity index (χ3n) is 5.90. The molecule has 0 unspecified atom stereocenters. The van der Waals surface area contributed by atoms with Gasteiger partial charge in [0.05, 0.1) is 0 Å². The minimum Gasteiger partial charge on any atom is -0.354 e. The van der Waals surface area contributed by atoms with Crippen molar-refractivity contribution in [2.75, 3.05) is 6.54 Å². The van der Waals surface area contributed by atoms with Gasteiger partial charge >= 0.3 is 0 Å². The Labute approximate surface area is 137 Å². The first kappa shape index (κ1) is 17.8. The Hall–Kier alpha value is -0.570. The number of amides is 1. The highest BCUT2D eigenvalue weighted by atomic mass is 16.1. The van der Waals surface area contributed by atoms with Gasteiger partial charge < -0.3 is 10.6 Å². The lowest BCUT2D eigenvalue weighted by atomic mass is 9.70. The second-order valence-corrected chi connectivity index (χ2v) is 8.74. The molecule has 2 saturated carbocycles. The second-order valence-electron chi connectivity index (χ2n) is 8.74. The van der Waals surface area contributed by atoms with E-state index in [1.54, 1.807) is 6.92 Å². The molecule has 2 aliphatic carbocycles. The van der Waals surface area contributed by atoms with Crippen molar-refractivity contribution in [2.24, 2.45) is 17.3 Å². The maximum absolute atomic E-state index is 11.1. The molecule has 2 fully saturated rings. The van der Waals surface area contributed by atoms with Gasteiger partial charge in [-0.05, 0) is 75.2 Å². The van der Waals surface area contributed by atoms with Gasteiger partial charge in [0.2, 0.25) is 5.91 Å². The smallest absolute Gasteiger partial charge is 0.217 e. The lowest BCUT2D eigenvalue weighted by Gasteiger charge is -2.38. The molecule has 0 bridgehead atoms. The molecule has 3 heteroatoms. The van der Waals surface area contributed by atoms with Crippen LogP contribution in [0, 0.1) is 17.3 Å². The Kier molecular flexibility index (Phi) is 6.31. The van der Waals surface area contributed by atoms with Crippen LogP contribution in [0.5, 0.6) is 0 Å². The van der Waals surface area contributed by atoms with Crippen LogP contribution < -0.4 is 10.6 Å². The van der Waals surface area contributed by atoms with Crippen LogP contribution in [0.2, 0.25) is 0 Å². The van der Waals surface area contributed by atoms with E-state index in [2.05, 4.69) is 31.4 Å². The monoisotopic (exact) mass is 308 g/mol. The fourth-order valence-electron chi connectivity index (χ4n) is 4.30. The first-order valence-electron chi connectivity index (χ1n) is 9.35. The van der Waals surface area contributed by atoms with Gasteiger partial charge in [-0.1, -0.05) is 20.8 Å². The first-order chi connectivity index (χ1) is 10.3. The molecule has 128 valence electrons. The van der Waals surface area contributed by atoms with Crippen LogP contribution in [0.4, 0.5) is 0 Å². The fraction of sp³-hybridized carbons (Fsp3) is 0.947. The number of rotatable bonds is 4. The summed E-state index contributed by atoms with van der Waals surface area (Å²) in [6, 6.07) is 1.09. The van der Waals surface area contributed by atoms with E-state index >= 15 is 0 Å². The lowest BCUT2D eigenvalue weighted by molar-refractivity contribution is -0.119. The summed E-state index contributed by atoms with van der Waals surface area (Å²) < 4.78 is 0. The number of hydrogen-bond donors (Lipinski definition) is 2. The van der Waals surface area contributed by atoms with Crippen molar-refractivity contribution in [1.29, 1.82) is 0 Å². The third-order valence-corrected chi connectivity index (χ3v) is 5.90. The van der Waals surface area contributed by atoms with Crippen LogP contribution in [0.3, 0.4) is 0 Å². The highest BCUT2D eigenvalue weighted by molar-refractivity contribution is 5.73. The van der Waals surface area contributed by atoms with Crippen molar-refractivity contribution in [3.8, 4) is 0 Å². The summed E-state index contributed by atoms with van der Waals surface area (Å²) in [7, 11) is 0. The summed E-state index contributed by atoms with van der Waals surface area (Å²) in [5.74, 6) is 1.91. The van der Waals surface area contributed by atoms with E-state index in [9.17, 15) is 4.79 Å². The topological polar surface area (TPSA) is 41.1 Å². The van der Waals surface area contributed by atoms with Crippen molar-refractivity contribution < 1.29 is 4.79 Å². The maximum Gasteiger partial charge on any atom is 0.217 e. The van der Waals surface area contributed by atoms with E-state index < -0.39 is 0 Å². The van der Waals surface area contributed by atoms with E-state index in [1.165, 1.54) is 45.1 Å². The molecule has 1 amide bonds. The van der Waals surface area contributed by atoms with Gasteiger partial charge in [-0.3, -0.25) is 4.79 Å². The fourth-order valence-corrected chi connectivity index (χ4v) is 4.30. The van der Waals surface area contributed by atoms with Crippen molar-refractivity contribution in [1.82, 2.24) is 10.6 Å². The zero-order valence-corrected chi connectivity index (χ0v) is 15.1. The summed E-state index contributed by atoms with van der Waals surface area (Å²) in [4.78, 5) is 11.1. The molecule has 0 saturated heterocycles. The van der Waals surface area contributed by atoms with Gasteiger partial charge in [0.15, 0.2) is 0 Å². The Morgan fingerprint density at radius 1 is 0.909 bits per heavy atom. The van der Waals surface area contributed by atoms with Crippen LogP contribution in [0.1, 0.15) is 79.1 Å². The van der Waals surface area contributed by atoms with Gasteiger partial charge in [0, 0.05) is 19.0 Å². The lowest BCUT2D eigenvalue weighted by Crippen LogP contribution is -2.43. The Morgan fingerprint density at radius 2 is 1.45 bits per heavy atom. The molecule has 2 N–H and O–H groups in total. The van der Waals surface area contributed by atoms with Crippen LogP contribution in [-0.2, 0) is 4.79 Å².